The van der Waals surface area contributed by atoms with Crippen LogP contribution in [0.2, 0.25) is 0 Å². The molecule has 8 heteroatoms. The van der Waals surface area contributed by atoms with Crippen LogP contribution in [0.1, 0.15) is 19.5 Å². The van der Waals surface area contributed by atoms with E-state index in [4.69, 9.17) is 0 Å². The number of aryl methyl sites for hydroxylation is 1. The quantitative estimate of drug-likeness (QED) is 0.747. The van der Waals surface area contributed by atoms with Crippen LogP contribution in [0.5, 0.6) is 0 Å². The van der Waals surface area contributed by atoms with Gasteiger partial charge in [-0.2, -0.15) is 9.82 Å². The van der Waals surface area contributed by atoms with Gasteiger partial charge in [0.1, 0.15) is 10.9 Å². The molecule has 102 valence electrons. The van der Waals surface area contributed by atoms with Crippen LogP contribution in [-0.4, -0.2) is 37.7 Å². The van der Waals surface area contributed by atoms with E-state index in [1.165, 1.54) is 13.3 Å². The number of hydrogen-bond donors (Lipinski definition) is 2. The number of carbonyl (C=O) groups excluding carboxylic acids is 1. The largest absolute Gasteiger partial charge is 0.468 e. The molecule has 0 aliphatic heterocycles. The Bertz CT molecular complexity index is 521. The van der Waals surface area contributed by atoms with Crippen molar-refractivity contribution in [3.05, 3.63) is 11.9 Å². The Morgan fingerprint density at radius 1 is 1.50 bits per heavy atom. The maximum atomic E-state index is 12.1. The molecule has 0 amide bonds. The van der Waals surface area contributed by atoms with Crippen molar-refractivity contribution < 1.29 is 17.9 Å². The molecule has 0 aliphatic carbocycles. The summed E-state index contributed by atoms with van der Waals surface area (Å²) in [5.41, 5.74) is 0.412. The van der Waals surface area contributed by atoms with Gasteiger partial charge in [-0.3, -0.25) is 9.89 Å². The SMILES string of the molecule is COC(=O)[C@@H](NS(=O)(=O)c1cn[nH]c1C)C(C)C. The highest BCUT2D eigenvalue weighted by atomic mass is 32.2. The fourth-order valence-corrected chi connectivity index (χ4v) is 2.89. The van der Waals surface area contributed by atoms with Crippen LogP contribution in [0.25, 0.3) is 0 Å². The Morgan fingerprint density at radius 3 is 2.50 bits per heavy atom. The van der Waals surface area contributed by atoms with Gasteiger partial charge in [-0.15, -0.1) is 0 Å². The number of nitrogens with zero attached hydrogens (tertiary/aromatic N) is 1. The van der Waals surface area contributed by atoms with Crippen molar-refractivity contribution in [3.63, 3.8) is 0 Å². The summed E-state index contributed by atoms with van der Waals surface area (Å²) in [7, 11) is -2.57. The lowest BCUT2D eigenvalue weighted by Crippen LogP contribution is -2.44. The van der Waals surface area contributed by atoms with E-state index in [1.54, 1.807) is 20.8 Å². The number of methoxy groups -OCH3 is 1. The summed E-state index contributed by atoms with van der Waals surface area (Å²) in [5, 5.41) is 6.18. The summed E-state index contributed by atoms with van der Waals surface area (Å²) < 4.78 is 31.0. The Hall–Kier alpha value is -1.41. The van der Waals surface area contributed by atoms with Crippen LogP contribution in [0.3, 0.4) is 0 Å². The molecule has 2 N–H and O–H groups in total. The molecule has 0 fully saturated rings. The summed E-state index contributed by atoms with van der Waals surface area (Å²) in [6.45, 7) is 5.04. The zero-order valence-electron chi connectivity index (χ0n) is 10.7. The molecule has 0 saturated carbocycles. The number of rotatable bonds is 5. The molecule has 1 rings (SSSR count). The maximum Gasteiger partial charge on any atom is 0.324 e. The summed E-state index contributed by atoms with van der Waals surface area (Å²) in [6, 6.07) is -0.922. The molecule has 0 saturated heterocycles. The fourth-order valence-electron chi connectivity index (χ4n) is 1.42. The molecule has 0 bridgehead atoms. The normalized spacial score (nSPS) is 13.6. The third-order valence-electron chi connectivity index (χ3n) is 2.48. The molecule has 1 aromatic rings. The minimum Gasteiger partial charge on any atom is -0.468 e. The second-order valence-electron chi connectivity index (χ2n) is 4.23. The molecule has 0 aliphatic rings. The van der Waals surface area contributed by atoms with Gasteiger partial charge in [0.15, 0.2) is 0 Å². The number of nitrogens with one attached hydrogen (secondary N) is 2. The predicted octanol–water partition coefficient (Wildman–Crippen LogP) is 0.194. The lowest BCUT2D eigenvalue weighted by atomic mass is 10.1. The second kappa shape index (κ2) is 5.49. The van der Waals surface area contributed by atoms with Crippen LogP contribution in [0, 0.1) is 12.8 Å². The highest BCUT2D eigenvalue weighted by Crippen LogP contribution is 2.14. The first-order valence-electron chi connectivity index (χ1n) is 5.39. The minimum atomic E-state index is -3.79. The molecule has 1 aromatic heterocycles. The number of aromatic nitrogens is 2. The zero-order chi connectivity index (χ0) is 13.9. The topological polar surface area (TPSA) is 101 Å². The van der Waals surface area contributed by atoms with Gasteiger partial charge in [0, 0.05) is 0 Å². The van der Waals surface area contributed by atoms with E-state index in [0.29, 0.717) is 5.69 Å². The van der Waals surface area contributed by atoms with E-state index in [9.17, 15) is 13.2 Å². The van der Waals surface area contributed by atoms with Gasteiger partial charge in [0.05, 0.1) is 19.0 Å². The number of carbonyl (C=O) groups is 1. The zero-order valence-corrected chi connectivity index (χ0v) is 11.5. The van der Waals surface area contributed by atoms with Crippen molar-refractivity contribution >= 4 is 16.0 Å². The molecular formula is C10H17N3O4S. The summed E-state index contributed by atoms with van der Waals surface area (Å²) in [4.78, 5) is 11.5. The number of H-pyrrole nitrogens is 1. The number of sulfonamides is 1. The Kier molecular flexibility index (Phi) is 4.47. The predicted molar refractivity (Wildman–Crippen MR) is 64.3 cm³/mol. The van der Waals surface area contributed by atoms with Gasteiger partial charge in [-0.05, 0) is 12.8 Å². The average Bonchev–Trinajstić information content (AvgIpc) is 2.72. The van der Waals surface area contributed by atoms with E-state index in [-0.39, 0.29) is 10.8 Å². The number of ether oxygens (including phenoxy) is 1. The first kappa shape index (κ1) is 14.7. The summed E-state index contributed by atoms with van der Waals surface area (Å²) in [6.07, 6.45) is 1.20. The van der Waals surface area contributed by atoms with E-state index in [0.717, 1.165) is 0 Å². The van der Waals surface area contributed by atoms with Crippen molar-refractivity contribution in [2.45, 2.75) is 31.7 Å². The number of aromatic amines is 1. The molecule has 0 radical (unpaired) electrons. The first-order chi connectivity index (χ1) is 8.29. The van der Waals surface area contributed by atoms with E-state index in [2.05, 4.69) is 19.7 Å². The molecule has 0 spiro atoms. The van der Waals surface area contributed by atoms with Gasteiger partial charge in [0.25, 0.3) is 0 Å². The van der Waals surface area contributed by atoms with Gasteiger partial charge in [-0.25, -0.2) is 8.42 Å². The maximum absolute atomic E-state index is 12.1. The minimum absolute atomic E-state index is 0.0250. The van der Waals surface area contributed by atoms with Crippen LogP contribution in [0.15, 0.2) is 11.1 Å². The standard InChI is InChI=1S/C10H17N3O4S/c1-6(2)9(10(14)17-4)13-18(15,16)8-5-11-12-7(8)3/h5-6,9,13H,1-4H3,(H,11,12)/t9-/m0/s1. The van der Waals surface area contributed by atoms with Crippen LogP contribution in [-0.2, 0) is 19.6 Å². The third kappa shape index (κ3) is 3.08. The van der Waals surface area contributed by atoms with Crippen LogP contribution >= 0.6 is 0 Å². The smallest absolute Gasteiger partial charge is 0.324 e. The van der Waals surface area contributed by atoms with Crippen molar-refractivity contribution in [3.8, 4) is 0 Å². The second-order valence-corrected chi connectivity index (χ2v) is 5.91. The van der Waals surface area contributed by atoms with Gasteiger partial charge in [0.2, 0.25) is 10.0 Å². The lowest BCUT2D eigenvalue weighted by molar-refractivity contribution is -0.143. The Morgan fingerprint density at radius 2 is 2.11 bits per heavy atom. The van der Waals surface area contributed by atoms with E-state index in [1.807, 2.05) is 0 Å². The summed E-state index contributed by atoms with van der Waals surface area (Å²) >= 11 is 0. The van der Waals surface area contributed by atoms with Gasteiger partial charge < -0.3 is 4.74 Å². The molecule has 0 aromatic carbocycles. The fraction of sp³-hybridized carbons (Fsp3) is 0.600. The van der Waals surface area contributed by atoms with Crippen molar-refractivity contribution in [2.24, 2.45) is 5.92 Å². The average molecular weight is 275 g/mol. The Labute approximate surface area is 106 Å². The third-order valence-corrected chi connectivity index (χ3v) is 4.03. The molecule has 18 heavy (non-hydrogen) atoms. The first-order valence-corrected chi connectivity index (χ1v) is 6.88. The molecule has 1 heterocycles. The van der Waals surface area contributed by atoms with E-state index >= 15 is 0 Å². The lowest BCUT2D eigenvalue weighted by Gasteiger charge is -2.19. The van der Waals surface area contributed by atoms with Gasteiger partial charge in [-0.1, -0.05) is 13.8 Å². The van der Waals surface area contributed by atoms with Crippen LogP contribution < -0.4 is 4.72 Å². The highest BCUT2D eigenvalue weighted by Gasteiger charge is 2.30. The molecular weight excluding hydrogens is 258 g/mol. The molecule has 7 nitrogen and oxygen atoms in total. The number of hydrogen-bond acceptors (Lipinski definition) is 5. The van der Waals surface area contributed by atoms with Crippen LogP contribution in [0.4, 0.5) is 0 Å². The van der Waals surface area contributed by atoms with Gasteiger partial charge >= 0.3 is 5.97 Å². The Balaban J connectivity index is 3.01. The van der Waals surface area contributed by atoms with Crippen molar-refractivity contribution in [1.29, 1.82) is 0 Å². The highest BCUT2D eigenvalue weighted by molar-refractivity contribution is 7.89. The van der Waals surface area contributed by atoms with E-state index < -0.39 is 22.0 Å². The van der Waals surface area contributed by atoms with Crippen molar-refractivity contribution in [1.82, 2.24) is 14.9 Å². The summed E-state index contributed by atoms with van der Waals surface area (Å²) in [5.74, 6) is -0.839. The number of esters is 1. The molecule has 1 atom stereocenters. The van der Waals surface area contributed by atoms with Crippen molar-refractivity contribution in [2.75, 3.05) is 7.11 Å². The monoisotopic (exact) mass is 275 g/mol. The molecule has 0 unspecified atom stereocenters.